The molecule has 0 amide bonds. The van der Waals surface area contributed by atoms with Crippen LogP contribution in [0.25, 0.3) is 11.3 Å². The van der Waals surface area contributed by atoms with Crippen LogP contribution in [0.4, 0.5) is 0 Å². The quantitative estimate of drug-likeness (QED) is 0.779. The molecule has 1 atom stereocenters. The number of aromatic nitrogens is 3. The summed E-state index contributed by atoms with van der Waals surface area (Å²) in [6.45, 7) is 2.75. The molecule has 126 valence electrons. The van der Waals surface area contributed by atoms with Crippen LogP contribution in [0.2, 0.25) is 0 Å². The third-order valence-corrected chi connectivity index (χ3v) is 7.15. The van der Waals surface area contributed by atoms with Crippen LogP contribution in [0.3, 0.4) is 0 Å². The van der Waals surface area contributed by atoms with Crippen LogP contribution in [-0.4, -0.2) is 20.3 Å². The Labute approximate surface area is 150 Å². The molecule has 0 spiro atoms. The van der Waals surface area contributed by atoms with Gasteiger partial charge in [0.1, 0.15) is 11.6 Å². The third-order valence-electron chi connectivity index (χ3n) is 5.84. The molecule has 0 radical (unpaired) electrons. The molecule has 1 aliphatic heterocycles. The van der Waals surface area contributed by atoms with Gasteiger partial charge in [0.25, 0.3) is 5.56 Å². The minimum Gasteiger partial charge on any atom is -0.286 e. The Morgan fingerprint density at radius 1 is 1.40 bits per heavy atom. The first kappa shape index (κ1) is 15.2. The summed E-state index contributed by atoms with van der Waals surface area (Å²) >= 11 is 1.60. The zero-order valence-corrected chi connectivity index (χ0v) is 14.8. The number of pyridine rings is 1. The van der Waals surface area contributed by atoms with Crippen molar-refractivity contribution in [3.63, 3.8) is 0 Å². The summed E-state index contributed by atoms with van der Waals surface area (Å²) in [4.78, 5) is 22.3. The first-order valence-corrected chi connectivity index (χ1v) is 9.73. The van der Waals surface area contributed by atoms with E-state index in [0.29, 0.717) is 18.2 Å². The van der Waals surface area contributed by atoms with Gasteiger partial charge in [-0.15, -0.1) is 0 Å². The highest BCUT2D eigenvalue weighted by molar-refractivity contribution is 7.99. The van der Waals surface area contributed by atoms with E-state index in [1.807, 2.05) is 18.3 Å². The largest absolute Gasteiger partial charge is 0.286 e. The van der Waals surface area contributed by atoms with Crippen molar-refractivity contribution in [2.45, 2.75) is 43.3 Å². The molecule has 4 aliphatic rings. The van der Waals surface area contributed by atoms with E-state index in [1.165, 1.54) is 19.3 Å². The maximum Gasteiger partial charge on any atom is 0.272 e. The molecule has 0 N–H and O–H groups in total. The van der Waals surface area contributed by atoms with E-state index in [-0.39, 0.29) is 16.5 Å². The van der Waals surface area contributed by atoms with E-state index in [2.05, 4.69) is 18.0 Å². The Bertz CT molecular complexity index is 973. The fraction of sp³-hybridized carbons (Fsp3) is 0.474. The van der Waals surface area contributed by atoms with Gasteiger partial charge in [0.15, 0.2) is 5.16 Å². The maximum absolute atomic E-state index is 12.9. The van der Waals surface area contributed by atoms with Crippen LogP contribution < -0.4 is 5.56 Å². The molecule has 6 rings (SSSR count). The van der Waals surface area contributed by atoms with Gasteiger partial charge in [0, 0.05) is 29.5 Å². The summed E-state index contributed by atoms with van der Waals surface area (Å²) in [6, 6.07) is 5.97. The summed E-state index contributed by atoms with van der Waals surface area (Å²) in [5.41, 5.74) is 2.52. The van der Waals surface area contributed by atoms with Gasteiger partial charge >= 0.3 is 0 Å². The molecular weight excluding hydrogens is 332 g/mol. The molecule has 6 heteroatoms. The Hall–Kier alpha value is -2.13. The van der Waals surface area contributed by atoms with Crippen molar-refractivity contribution in [1.82, 2.24) is 14.5 Å². The Morgan fingerprint density at radius 3 is 2.88 bits per heavy atom. The maximum atomic E-state index is 12.9. The fourth-order valence-electron chi connectivity index (χ4n) is 4.47. The summed E-state index contributed by atoms with van der Waals surface area (Å²) in [6.07, 6.45) is 5.34. The van der Waals surface area contributed by atoms with Gasteiger partial charge in [-0.1, -0.05) is 18.7 Å². The lowest BCUT2D eigenvalue weighted by molar-refractivity contribution is -0.0303. The lowest BCUT2D eigenvalue weighted by Gasteiger charge is -2.61. The van der Waals surface area contributed by atoms with Crippen LogP contribution >= 0.6 is 11.8 Å². The predicted molar refractivity (Wildman–Crippen MR) is 95.4 cm³/mol. The molecule has 5 nitrogen and oxygen atoms in total. The molecule has 3 aliphatic carbocycles. The van der Waals surface area contributed by atoms with Crippen molar-refractivity contribution in [1.29, 1.82) is 5.26 Å². The van der Waals surface area contributed by atoms with Gasteiger partial charge in [-0.25, -0.2) is 4.98 Å². The van der Waals surface area contributed by atoms with Crippen LogP contribution in [0.1, 0.15) is 37.4 Å². The molecule has 3 heterocycles. The molecule has 2 aromatic rings. The van der Waals surface area contributed by atoms with E-state index >= 15 is 0 Å². The molecule has 3 saturated carbocycles. The fourth-order valence-corrected chi connectivity index (χ4v) is 5.48. The van der Waals surface area contributed by atoms with E-state index in [1.54, 1.807) is 16.3 Å². The normalized spacial score (nSPS) is 29.1. The van der Waals surface area contributed by atoms with Crippen molar-refractivity contribution >= 4 is 11.8 Å². The highest BCUT2D eigenvalue weighted by Crippen LogP contribution is 2.65. The number of hydrogen-bond acceptors (Lipinski definition) is 5. The summed E-state index contributed by atoms with van der Waals surface area (Å²) in [7, 11) is 0. The number of thioether (sulfide) groups is 1. The van der Waals surface area contributed by atoms with Crippen molar-refractivity contribution in [2.24, 2.45) is 11.8 Å². The van der Waals surface area contributed by atoms with Crippen molar-refractivity contribution < 1.29 is 0 Å². The van der Waals surface area contributed by atoms with Crippen molar-refractivity contribution in [3.8, 4) is 17.3 Å². The summed E-state index contributed by atoms with van der Waals surface area (Å²) < 4.78 is 1.66. The van der Waals surface area contributed by atoms with E-state index in [9.17, 15) is 10.1 Å². The lowest BCUT2D eigenvalue weighted by Crippen LogP contribution is -2.55. The second-order valence-electron chi connectivity index (χ2n) is 7.72. The predicted octanol–water partition coefficient (Wildman–Crippen LogP) is 2.97. The highest BCUT2D eigenvalue weighted by Gasteiger charge is 2.59. The average Bonchev–Trinajstić information content (AvgIpc) is 2.53. The summed E-state index contributed by atoms with van der Waals surface area (Å²) in [5, 5.41) is 10.4. The molecule has 2 aromatic heterocycles. The zero-order chi connectivity index (χ0) is 17.2. The second-order valence-corrected chi connectivity index (χ2v) is 8.71. The Kier molecular flexibility index (Phi) is 3.14. The minimum absolute atomic E-state index is 0.152. The van der Waals surface area contributed by atoms with Crippen LogP contribution in [-0.2, 0) is 12.0 Å². The molecule has 3 fully saturated rings. The van der Waals surface area contributed by atoms with Crippen LogP contribution in [0.5, 0.6) is 0 Å². The van der Waals surface area contributed by atoms with Gasteiger partial charge in [0.2, 0.25) is 0 Å². The SMILES string of the molecule is CC1CSc2nc(-c3cccnc3C34CC(C3)C4)c(C#N)c(=O)n2C1. The number of nitrogens with zero attached hydrogens (tertiary/aromatic N) is 4. The number of hydrogen-bond donors (Lipinski definition) is 0. The first-order chi connectivity index (χ1) is 12.1. The van der Waals surface area contributed by atoms with Crippen LogP contribution in [0.15, 0.2) is 28.3 Å². The average molecular weight is 350 g/mol. The van der Waals surface area contributed by atoms with Gasteiger partial charge in [-0.05, 0) is 43.2 Å². The smallest absolute Gasteiger partial charge is 0.272 e. The number of nitriles is 1. The van der Waals surface area contributed by atoms with Gasteiger partial charge in [0.05, 0.1) is 11.4 Å². The summed E-state index contributed by atoms with van der Waals surface area (Å²) in [5.74, 6) is 2.19. The van der Waals surface area contributed by atoms with Crippen molar-refractivity contribution in [3.05, 3.63) is 39.9 Å². The zero-order valence-electron chi connectivity index (χ0n) is 14.0. The Morgan fingerprint density at radius 2 is 2.20 bits per heavy atom. The highest BCUT2D eigenvalue weighted by atomic mass is 32.2. The van der Waals surface area contributed by atoms with E-state index in [4.69, 9.17) is 4.98 Å². The molecular formula is C19H18N4OS. The van der Waals surface area contributed by atoms with Crippen LogP contribution in [0, 0.1) is 23.2 Å². The Balaban J connectivity index is 1.73. The van der Waals surface area contributed by atoms with Crippen molar-refractivity contribution in [2.75, 3.05) is 5.75 Å². The monoisotopic (exact) mass is 350 g/mol. The number of fused-ring (bicyclic) bond motifs is 1. The third kappa shape index (κ3) is 2.05. The molecule has 0 saturated heterocycles. The minimum atomic E-state index is -0.214. The molecule has 0 aromatic carbocycles. The first-order valence-electron chi connectivity index (χ1n) is 8.75. The molecule has 1 unspecified atom stereocenters. The topological polar surface area (TPSA) is 71.6 Å². The van der Waals surface area contributed by atoms with Gasteiger partial charge < -0.3 is 0 Å². The molecule has 2 bridgehead atoms. The van der Waals surface area contributed by atoms with E-state index < -0.39 is 0 Å². The lowest BCUT2D eigenvalue weighted by atomic mass is 9.43. The van der Waals surface area contributed by atoms with Gasteiger partial charge in [-0.3, -0.25) is 14.3 Å². The van der Waals surface area contributed by atoms with Gasteiger partial charge in [-0.2, -0.15) is 5.26 Å². The number of rotatable bonds is 2. The standard InChI is InChI=1S/C19H18N4OS/c1-11-9-23-17(24)14(8-20)15(22-18(23)25-10-11)13-3-2-4-21-16(13)19-5-12(6-19)7-19/h2-4,11-12H,5-7,9-10H2,1H3. The molecule has 25 heavy (non-hydrogen) atoms. The second kappa shape index (κ2) is 5.18. The van der Waals surface area contributed by atoms with E-state index in [0.717, 1.165) is 28.1 Å².